The zero-order chi connectivity index (χ0) is 16.2. The van der Waals surface area contributed by atoms with Gasteiger partial charge in [0.2, 0.25) is 0 Å². The van der Waals surface area contributed by atoms with E-state index in [9.17, 15) is 9.90 Å². The van der Waals surface area contributed by atoms with Crippen molar-refractivity contribution in [3.05, 3.63) is 59.0 Å². The Kier molecular flexibility index (Phi) is 4.55. The fraction of sp³-hybridized carbons (Fsp3) is 0.176. The van der Waals surface area contributed by atoms with Gasteiger partial charge in [-0.3, -0.25) is 4.79 Å². The second-order valence-electron chi connectivity index (χ2n) is 5.11. The van der Waals surface area contributed by atoms with Gasteiger partial charge in [0.05, 0.1) is 18.0 Å². The van der Waals surface area contributed by atoms with Crippen LogP contribution in [0.5, 0.6) is 0 Å². The van der Waals surface area contributed by atoms with Crippen molar-refractivity contribution in [3.63, 3.8) is 0 Å². The van der Waals surface area contributed by atoms with Crippen LogP contribution in [0.15, 0.2) is 47.8 Å². The maximum Gasteiger partial charge on any atom is 0.257 e. The fourth-order valence-corrected chi connectivity index (χ4v) is 3.02. The summed E-state index contributed by atoms with van der Waals surface area (Å²) in [6, 6.07) is 13.2. The molecule has 1 aromatic carbocycles. The molecule has 0 aliphatic rings. The van der Waals surface area contributed by atoms with E-state index >= 15 is 0 Å². The number of aryl methyl sites for hydroxylation is 1. The second-order valence-corrected chi connectivity index (χ2v) is 6.06. The van der Waals surface area contributed by atoms with Crippen molar-refractivity contribution in [2.75, 3.05) is 11.9 Å². The third-order valence-corrected chi connectivity index (χ3v) is 4.39. The summed E-state index contributed by atoms with van der Waals surface area (Å²) in [6.07, 6.45) is 0. The first-order valence-electron chi connectivity index (χ1n) is 7.28. The van der Waals surface area contributed by atoms with Gasteiger partial charge in [-0.2, -0.15) is 5.10 Å². The van der Waals surface area contributed by atoms with Crippen LogP contribution in [0.3, 0.4) is 0 Å². The van der Waals surface area contributed by atoms with Crippen molar-refractivity contribution in [2.45, 2.75) is 13.5 Å². The second kappa shape index (κ2) is 6.76. The maximum absolute atomic E-state index is 12.5. The van der Waals surface area contributed by atoms with Crippen LogP contribution in [0.25, 0.3) is 10.6 Å². The normalized spacial score (nSPS) is 10.7. The lowest BCUT2D eigenvalue weighted by molar-refractivity contribution is 0.102. The topological polar surface area (TPSA) is 67.2 Å². The SMILES string of the molecule is Cc1ccccc1C(=O)Nc1cc(-c2cccs2)nn1CCO. The Morgan fingerprint density at radius 1 is 1.30 bits per heavy atom. The summed E-state index contributed by atoms with van der Waals surface area (Å²) in [5.41, 5.74) is 2.33. The van der Waals surface area contributed by atoms with Crippen LogP contribution in [-0.4, -0.2) is 27.4 Å². The molecule has 3 rings (SSSR count). The molecule has 0 atom stereocenters. The molecule has 118 valence electrons. The van der Waals surface area contributed by atoms with Crippen LogP contribution in [0, 0.1) is 6.92 Å². The first kappa shape index (κ1) is 15.5. The molecule has 0 unspecified atom stereocenters. The molecule has 0 spiro atoms. The van der Waals surface area contributed by atoms with Crippen molar-refractivity contribution in [3.8, 4) is 10.6 Å². The molecule has 2 heterocycles. The van der Waals surface area contributed by atoms with Gasteiger partial charge >= 0.3 is 0 Å². The van der Waals surface area contributed by atoms with E-state index in [1.807, 2.05) is 48.7 Å². The summed E-state index contributed by atoms with van der Waals surface area (Å²) in [6.45, 7) is 2.19. The number of hydrogen-bond acceptors (Lipinski definition) is 4. The van der Waals surface area contributed by atoms with E-state index in [-0.39, 0.29) is 12.5 Å². The molecule has 0 radical (unpaired) electrons. The average molecular weight is 327 g/mol. The van der Waals surface area contributed by atoms with Gasteiger partial charge in [-0.15, -0.1) is 11.3 Å². The molecule has 23 heavy (non-hydrogen) atoms. The Hall–Kier alpha value is -2.44. The number of carbonyl (C=O) groups excluding carboxylic acids is 1. The minimum Gasteiger partial charge on any atom is -0.394 e. The third kappa shape index (κ3) is 3.33. The molecule has 2 aromatic heterocycles. The van der Waals surface area contributed by atoms with Crippen molar-refractivity contribution in [1.29, 1.82) is 0 Å². The van der Waals surface area contributed by atoms with Gasteiger partial charge in [0.1, 0.15) is 11.5 Å². The van der Waals surface area contributed by atoms with Gasteiger partial charge in [-0.05, 0) is 30.0 Å². The molecular weight excluding hydrogens is 310 g/mol. The number of carbonyl (C=O) groups is 1. The van der Waals surface area contributed by atoms with E-state index in [2.05, 4.69) is 10.4 Å². The number of aliphatic hydroxyl groups excluding tert-OH is 1. The number of anilines is 1. The number of hydrogen-bond donors (Lipinski definition) is 2. The number of aliphatic hydroxyl groups is 1. The van der Waals surface area contributed by atoms with Crippen LogP contribution < -0.4 is 5.32 Å². The average Bonchev–Trinajstić information content (AvgIpc) is 3.18. The number of nitrogens with one attached hydrogen (secondary N) is 1. The van der Waals surface area contributed by atoms with Gasteiger partial charge in [0.15, 0.2) is 0 Å². The highest BCUT2D eigenvalue weighted by Crippen LogP contribution is 2.26. The Labute approximate surface area is 138 Å². The van der Waals surface area contributed by atoms with Crippen molar-refractivity contribution in [1.82, 2.24) is 9.78 Å². The molecule has 0 saturated heterocycles. The largest absolute Gasteiger partial charge is 0.394 e. The smallest absolute Gasteiger partial charge is 0.257 e. The fourth-order valence-electron chi connectivity index (χ4n) is 2.34. The lowest BCUT2D eigenvalue weighted by Gasteiger charge is -2.09. The van der Waals surface area contributed by atoms with E-state index < -0.39 is 0 Å². The van der Waals surface area contributed by atoms with Gasteiger partial charge < -0.3 is 10.4 Å². The molecule has 0 aliphatic carbocycles. The first-order valence-corrected chi connectivity index (χ1v) is 8.16. The van der Waals surface area contributed by atoms with E-state index in [4.69, 9.17) is 0 Å². The summed E-state index contributed by atoms with van der Waals surface area (Å²) in [5, 5.41) is 18.5. The maximum atomic E-state index is 12.5. The molecule has 3 aromatic rings. The monoisotopic (exact) mass is 327 g/mol. The van der Waals surface area contributed by atoms with Gasteiger partial charge in [-0.1, -0.05) is 24.3 Å². The molecule has 0 saturated carbocycles. The highest BCUT2D eigenvalue weighted by molar-refractivity contribution is 7.13. The number of amides is 1. The number of nitrogens with zero attached hydrogens (tertiary/aromatic N) is 2. The zero-order valence-corrected chi connectivity index (χ0v) is 13.5. The van der Waals surface area contributed by atoms with E-state index in [0.717, 1.165) is 16.1 Å². The highest BCUT2D eigenvalue weighted by Gasteiger charge is 2.14. The van der Waals surface area contributed by atoms with E-state index in [1.165, 1.54) is 0 Å². The summed E-state index contributed by atoms with van der Waals surface area (Å²) in [5.74, 6) is 0.399. The van der Waals surface area contributed by atoms with Gasteiger partial charge in [0, 0.05) is 11.6 Å². The lowest BCUT2D eigenvalue weighted by Crippen LogP contribution is -2.17. The minimum atomic E-state index is -0.181. The van der Waals surface area contributed by atoms with Crippen LogP contribution in [0.2, 0.25) is 0 Å². The number of aromatic nitrogens is 2. The standard InChI is InChI=1S/C17H17N3O2S/c1-12-5-2-3-6-13(12)17(22)18-16-11-14(15-7-4-10-23-15)19-20(16)8-9-21/h2-7,10-11,21H,8-9H2,1H3,(H,18,22). The highest BCUT2D eigenvalue weighted by atomic mass is 32.1. The van der Waals surface area contributed by atoms with Crippen LogP contribution in [-0.2, 0) is 6.54 Å². The molecule has 0 aliphatic heterocycles. The number of rotatable bonds is 5. The summed E-state index contributed by atoms with van der Waals surface area (Å²) < 4.78 is 1.62. The Balaban J connectivity index is 1.89. The molecule has 0 fully saturated rings. The Bertz CT molecular complexity index is 809. The van der Waals surface area contributed by atoms with E-state index in [1.54, 1.807) is 22.1 Å². The predicted molar refractivity (Wildman–Crippen MR) is 91.8 cm³/mol. The first-order chi connectivity index (χ1) is 11.2. The third-order valence-electron chi connectivity index (χ3n) is 3.50. The van der Waals surface area contributed by atoms with E-state index in [0.29, 0.717) is 17.9 Å². The Morgan fingerprint density at radius 3 is 2.83 bits per heavy atom. The zero-order valence-electron chi connectivity index (χ0n) is 12.7. The van der Waals surface area contributed by atoms with Crippen molar-refractivity contribution in [2.24, 2.45) is 0 Å². The van der Waals surface area contributed by atoms with Crippen LogP contribution in [0.4, 0.5) is 5.82 Å². The van der Waals surface area contributed by atoms with Gasteiger partial charge in [-0.25, -0.2) is 4.68 Å². The van der Waals surface area contributed by atoms with Crippen molar-refractivity contribution >= 4 is 23.1 Å². The van der Waals surface area contributed by atoms with Crippen LogP contribution >= 0.6 is 11.3 Å². The molecule has 2 N–H and O–H groups in total. The quantitative estimate of drug-likeness (QED) is 0.756. The van der Waals surface area contributed by atoms with Gasteiger partial charge in [0.25, 0.3) is 5.91 Å². The van der Waals surface area contributed by atoms with Crippen molar-refractivity contribution < 1.29 is 9.90 Å². The summed E-state index contributed by atoms with van der Waals surface area (Å²) in [7, 11) is 0. The number of thiophene rings is 1. The molecule has 0 bridgehead atoms. The van der Waals surface area contributed by atoms with Crippen LogP contribution in [0.1, 0.15) is 15.9 Å². The lowest BCUT2D eigenvalue weighted by atomic mass is 10.1. The summed E-state index contributed by atoms with van der Waals surface area (Å²) >= 11 is 1.58. The molecule has 1 amide bonds. The summed E-state index contributed by atoms with van der Waals surface area (Å²) in [4.78, 5) is 13.5. The Morgan fingerprint density at radius 2 is 2.13 bits per heavy atom. The minimum absolute atomic E-state index is 0.0429. The molecule has 6 heteroatoms. The molecular formula is C17H17N3O2S. The predicted octanol–water partition coefficient (Wildman–Crippen LogP) is 3.16. The molecule has 5 nitrogen and oxygen atoms in total. The number of benzene rings is 1.